The first-order valence-corrected chi connectivity index (χ1v) is 8.81. The van der Waals surface area contributed by atoms with Gasteiger partial charge in [-0.3, -0.25) is 4.79 Å². The van der Waals surface area contributed by atoms with Crippen LogP contribution in [0.1, 0.15) is 32.6 Å². The Morgan fingerprint density at radius 2 is 2.12 bits per heavy atom. The summed E-state index contributed by atoms with van der Waals surface area (Å²) in [5, 5.41) is 15.5. The average molecular weight is 325 g/mol. The molecule has 1 amide bonds. The number of amides is 1. The van der Waals surface area contributed by atoms with Gasteiger partial charge in [-0.1, -0.05) is 36.8 Å². The maximum absolute atomic E-state index is 12.3. The SMILES string of the molecule is C[C@@H](NC(=O)Cn1nnc(-c2ccccc2)n1)[C@@H]1C[C@H]2CC[C@H]1C2. The van der Waals surface area contributed by atoms with Crippen LogP contribution in [-0.2, 0) is 11.3 Å². The third-order valence-corrected chi connectivity index (χ3v) is 5.59. The largest absolute Gasteiger partial charge is 0.352 e. The number of carbonyl (C=O) groups excluding carboxylic acids is 1. The van der Waals surface area contributed by atoms with Crippen molar-refractivity contribution >= 4 is 5.91 Å². The first-order valence-electron chi connectivity index (χ1n) is 8.81. The van der Waals surface area contributed by atoms with Crippen LogP contribution < -0.4 is 5.32 Å². The van der Waals surface area contributed by atoms with Crippen LogP contribution in [0.5, 0.6) is 0 Å². The number of tetrazole rings is 1. The van der Waals surface area contributed by atoms with Crippen molar-refractivity contribution in [2.45, 2.75) is 45.2 Å². The molecule has 1 aromatic carbocycles. The minimum atomic E-state index is -0.0396. The molecule has 2 aliphatic rings. The van der Waals surface area contributed by atoms with E-state index in [2.05, 4.69) is 27.7 Å². The van der Waals surface area contributed by atoms with Gasteiger partial charge in [0.15, 0.2) is 0 Å². The topological polar surface area (TPSA) is 72.7 Å². The van der Waals surface area contributed by atoms with Gasteiger partial charge in [0, 0.05) is 11.6 Å². The lowest BCUT2D eigenvalue weighted by Crippen LogP contribution is -2.41. The van der Waals surface area contributed by atoms with E-state index in [0.717, 1.165) is 17.4 Å². The number of fused-ring (bicyclic) bond motifs is 2. The summed E-state index contributed by atoms with van der Waals surface area (Å²) in [6.07, 6.45) is 5.34. The van der Waals surface area contributed by atoms with Crippen LogP contribution >= 0.6 is 0 Å². The highest BCUT2D eigenvalue weighted by Crippen LogP contribution is 2.49. The zero-order chi connectivity index (χ0) is 16.5. The van der Waals surface area contributed by atoms with Gasteiger partial charge in [0.25, 0.3) is 0 Å². The number of hydrogen-bond donors (Lipinski definition) is 1. The minimum absolute atomic E-state index is 0.0396. The maximum Gasteiger partial charge on any atom is 0.243 e. The maximum atomic E-state index is 12.3. The van der Waals surface area contributed by atoms with Crippen molar-refractivity contribution in [2.24, 2.45) is 17.8 Å². The van der Waals surface area contributed by atoms with E-state index in [9.17, 15) is 4.79 Å². The van der Waals surface area contributed by atoms with Crippen LogP contribution in [0, 0.1) is 17.8 Å². The highest BCUT2D eigenvalue weighted by molar-refractivity contribution is 5.75. The summed E-state index contributed by atoms with van der Waals surface area (Å²) in [7, 11) is 0. The molecule has 2 fully saturated rings. The predicted octanol–water partition coefficient (Wildman–Crippen LogP) is 2.28. The monoisotopic (exact) mass is 325 g/mol. The third kappa shape index (κ3) is 3.05. The molecule has 24 heavy (non-hydrogen) atoms. The Morgan fingerprint density at radius 3 is 2.83 bits per heavy atom. The quantitative estimate of drug-likeness (QED) is 0.915. The molecule has 0 aliphatic heterocycles. The van der Waals surface area contributed by atoms with Crippen LogP contribution in [0.15, 0.2) is 30.3 Å². The fraction of sp³-hybridized carbons (Fsp3) is 0.556. The Bertz CT molecular complexity index is 713. The zero-order valence-corrected chi connectivity index (χ0v) is 13.9. The molecule has 126 valence electrons. The van der Waals surface area contributed by atoms with Gasteiger partial charge >= 0.3 is 0 Å². The fourth-order valence-electron chi connectivity index (χ4n) is 4.45. The fourth-order valence-corrected chi connectivity index (χ4v) is 4.45. The van der Waals surface area contributed by atoms with E-state index in [-0.39, 0.29) is 18.5 Å². The molecule has 0 radical (unpaired) electrons. The van der Waals surface area contributed by atoms with Gasteiger partial charge in [0.1, 0.15) is 6.54 Å². The molecule has 0 unspecified atom stereocenters. The van der Waals surface area contributed by atoms with Crippen molar-refractivity contribution in [1.29, 1.82) is 0 Å². The second kappa shape index (κ2) is 6.34. The summed E-state index contributed by atoms with van der Waals surface area (Å²) >= 11 is 0. The van der Waals surface area contributed by atoms with E-state index in [1.165, 1.54) is 30.5 Å². The molecule has 6 heteroatoms. The minimum Gasteiger partial charge on any atom is -0.352 e. The molecule has 6 nitrogen and oxygen atoms in total. The Labute approximate surface area is 141 Å². The molecule has 0 saturated heterocycles. The summed E-state index contributed by atoms with van der Waals surface area (Å²) in [5.74, 6) is 2.84. The Hall–Kier alpha value is -2.24. The van der Waals surface area contributed by atoms with Gasteiger partial charge in [0.05, 0.1) is 0 Å². The molecule has 2 aromatic rings. The Balaban J connectivity index is 1.34. The summed E-state index contributed by atoms with van der Waals surface area (Å²) in [6.45, 7) is 2.25. The summed E-state index contributed by atoms with van der Waals surface area (Å²) in [4.78, 5) is 13.7. The van der Waals surface area contributed by atoms with Crippen molar-refractivity contribution < 1.29 is 4.79 Å². The number of nitrogens with one attached hydrogen (secondary N) is 1. The van der Waals surface area contributed by atoms with Gasteiger partial charge in [-0.15, -0.1) is 10.2 Å². The molecule has 2 saturated carbocycles. The first-order chi connectivity index (χ1) is 11.7. The van der Waals surface area contributed by atoms with E-state index >= 15 is 0 Å². The van der Waals surface area contributed by atoms with Crippen LogP contribution in [-0.4, -0.2) is 32.2 Å². The van der Waals surface area contributed by atoms with Crippen molar-refractivity contribution in [3.8, 4) is 11.4 Å². The number of aromatic nitrogens is 4. The van der Waals surface area contributed by atoms with Gasteiger partial charge < -0.3 is 5.32 Å². The molecular weight excluding hydrogens is 302 g/mol. The smallest absolute Gasteiger partial charge is 0.243 e. The lowest BCUT2D eigenvalue weighted by atomic mass is 9.84. The highest BCUT2D eigenvalue weighted by atomic mass is 16.2. The van der Waals surface area contributed by atoms with E-state index in [1.54, 1.807) is 0 Å². The second-order valence-electron chi connectivity index (χ2n) is 7.20. The van der Waals surface area contributed by atoms with Crippen LogP contribution in [0.4, 0.5) is 0 Å². The number of nitrogens with zero attached hydrogens (tertiary/aromatic N) is 4. The Kier molecular flexibility index (Phi) is 4.04. The molecule has 4 rings (SSSR count). The summed E-state index contributed by atoms with van der Waals surface area (Å²) < 4.78 is 0. The third-order valence-electron chi connectivity index (χ3n) is 5.59. The molecule has 4 atom stereocenters. The second-order valence-corrected chi connectivity index (χ2v) is 7.20. The van der Waals surface area contributed by atoms with E-state index in [1.807, 2.05) is 30.3 Å². The number of hydrogen-bond acceptors (Lipinski definition) is 4. The lowest BCUT2D eigenvalue weighted by Gasteiger charge is -2.28. The molecule has 2 aliphatic carbocycles. The van der Waals surface area contributed by atoms with Crippen LogP contribution in [0.3, 0.4) is 0 Å². The van der Waals surface area contributed by atoms with Crippen LogP contribution in [0.2, 0.25) is 0 Å². The van der Waals surface area contributed by atoms with E-state index in [4.69, 9.17) is 0 Å². The average Bonchev–Trinajstić information content (AvgIpc) is 3.32. The summed E-state index contributed by atoms with van der Waals surface area (Å²) in [5.41, 5.74) is 0.902. The summed E-state index contributed by atoms with van der Waals surface area (Å²) in [6, 6.07) is 9.89. The zero-order valence-electron chi connectivity index (χ0n) is 13.9. The van der Waals surface area contributed by atoms with Crippen molar-refractivity contribution in [2.75, 3.05) is 0 Å². The predicted molar refractivity (Wildman–Crippen MR) is 89.8 cm³/mol. The van der Waals surface area contributed by atoms with Gasteiger partial charge in [-0.2, -0.15) is 4.80 Å². The number of carbonyl (C=O) groups is 1. The normalized spacial score (nSPS) is 26.5. The number of benzene rings is 1. The molecule has 1 N–H and O–H groups in total. The molecule has 1 aromatic heterocycles. The van der Waals surface area contributed by atoms with Gasteiger partial charge in [0.2, 0.25) is 11.7 Å². The van der Waals surface area contributed by atoms with Crippen LogP contribution in [0.25, 0.3) is 11.4 Å². The first kappa shape index (κ1) is 15.3. The highest BCUT2D eigenvalue weighted by Gasteiger charge is 2.42. The van der Waals surface area contributed by atoms with Crippen molar-refractivity contribution in [3.63, 3.8) is 0 Å². The van der Waals surface area contributed by atoms with E-state index < -0.39 is 0 Å². The standard InChI is InChI=1S/C18H23N5O/c1-12(16-10-13-7-8-15(16)9-13)19-17(24)11-23-21-18(20-22-23)14-5-3-2-4-6-14/h2-6,12-13,15-16H,7-11H2,1H3,(H,19,24)/t12-,13+,15+,16+/m1/s1. The number of rotatable bonds is 5. The van der Waals surface area contributed by atoms with Gasteiger partial charge in [-0.05, 0) is 49.2 Å². The van der Waals surface area contributed by atoms with E-state index in [0.29, 0.717) is 11.7 Å². The molecule has 2 bridgehead atoms. The molecule has 0 spiro atoms. The molecule has 1 heterocycles. The Morgan fingerprint density at radius 1 is 1.29 bits per heavy atom. The van der Waals surface area contributed by atoms with Gasteiger partial charge in [-0.25, -0.2) is 0 Å². The molecular formula is C18H23N5O. The van der Waals surface area contributed by atoms with Crippen molar-refractivity contribution in [1.82, 2.24) is 25.5 Å². The van der Waals surface area contributed by atoms with Crippen molar-refractivity contribution in [3.05, 3.63) is 30.3 Å². The lowest BCUT2D eigenvalue weighted by molar-refractivity contribution is -0.123.